The lowest BCUT2D eigenvalue weighted by atomic mass is 10.0. The summed E-state index contributed by atoms with van der Waals surface area (Å²) in [5.41, 5.74) is 18.3. The second-order valence-electron chi connectivity index (χ2n) is 16.4. The third kappa shape index (κ3) is 19.5. The Bertz CT molecular complexity index is 2360. The number of benzene rings is 1. The molecule has 2 aromatic heterocycles. The van der Waals surface area contributed by atoms with Gasteiger partial charge in [0.25, 0.3) is 0 Å². The number of rotatable bonds is 31. The molecule has 28 heteroatoms. The van der Waals surface area contributed by atoms with Crippen LogP contribution in [-0.2, 0) is 65.6 Å². The number of nitrogens with zero attached hydrogens (tertiary/aromatic N) is 1. The number of aromatic nitrogens is 3. The molecule has 9 amide bonds. The van der Waals surface area contributed by atoms with Crippen LogP contribution >= 0.6 is 0 Å². The number of aliphatic hydroxyl groups excluding tert-OH is 1. The van der Waals surface area contributed by atoms with Crippen molar-refractivity contribution in [3.05, 3.63) is 54.2 Å². The van der Waals surface area contributed by atoms with Crippen molar-refractivity contribution in [1.82, 2.24) is 57.5 Å². The van der Waals surface area contributed by atoms with Gasteiger partial charge in [0.15, 0.2) is 0 Å². The van der Waals surface area contributed by atoms with Crippen molar-refractivity contribution in [1.29, 1.82) is 0 Å². The molecule has 2 heterocycles. The lowest BCUT2D eigenvalue weighted by Crippen LogP contribution is -2.62. The number of nitrogens with two attached hydrogens (primary N) is 3. The first-order chi connectivity index (χ1) is 33.6. The van der Waals surface area contributed by atoms with Gasteiger partial charge in [0.1, 0.15) is 36.3 Å². The molecule has 0 spiro atoms. The second-order valence-corrected chi connectivity index (χ2v) is 16.4. The number of hydrogen-bond acceptors (Lipinski definition) is 15. The van der Waals surface area contributed by atoms with Gasteiger partial charge in [0.05, 0.1) is 38.0 Å². The Morgan fingerprint density at radius 1 is 0.676 bits per heavy atom. The van der Waals surface area contributed by atoms with Crippen LogP contribution in [0.5, 0.6) is 0 Å². The quantitative estimate of drug-likeness (QED) is 0.0267. The van der Waals surface area contributed by atoms with E-state index in [1.54, 1.807) is 30.5 Å². The summed E-state index contributed by atoms with van der Waals surface area (Å²) in [6, 6.07) is -3.19. The number of fused-ring (bicyclic) bond motifs is 1. The molecule has 388 valence electrons. The van der Waals surface area contributed by atoms with Crippen molar-refractivity contribution in [3.8, 4) is 0 Å². The number of imidazole rings is 1. The van der Waals surface area contributed by atoms with E-state index in [-0.39, 0.29) is 25.0 Å². The maximum atomic E-state index is 14.2. The number of aliphatic carboxylic acids is 2. The number of carbonyl (C=O) groups excluding carboxylic acids is 9. The van der Waals surface area contributed by atoms with Crippen LogP contribution in [0.3, 0.4) is 0 Å². The Labute approximate surface area is 405 Å². The molecule has 0 radical (unpaired) electrons. The number of primary amides is 1. The van der Waals surface area contributed by atoms with E-state index in [1.165, 1.54) is 26.4 Å². The molecular formula is C43H62N14O14. The van der Waals surface area contributed by atoms with Crippen LogP contribution in [0.1, 0.15) is 63.6 Å². The van der Waals surface area contributed by atoms with Crippen LogP contribution in [0.4, 0.5) is 0 Å². The molecule has 0 aliphatic carbocycles. The van der Waals surface area contributed by atoms with E-state index in [4.69, 9.17) is 22.3 Å². The first-order valence-electron chi connectivity index (χ1n) is 22.3. The Hall–Kier alpha value is -7.98. The molecule has 8 atom stereocenters. The number of carbonyl (C=O) groups is 11. The summed E-state index contributed by atoms with van der Waals surface area (Å²) < 4.78 is 0. The minimum absolute atomic E-state index is 0.136. The maximum Gasteiger partial charge on any atom is 0.326 e. The predicted molar refractivity (Wildman–Crippen MR) is 248 cm³/mol. The first-order valence-corrected chi connectivity index (χ1v) is 22.3. The van der Waals surface area contributed by atoms with Gasteiger partial charge < -0.3 is 85.0 Å². The zero-order chi connectivity index (χ0) is 52.8. The predicted octanol–water partition coefficient (Wildman–Crippen LogP) is -5.50. The third-order valence-corrected chi connectivity index (χ3v) is 10.6. The largest absolute Gasteiger partial charge is 0.481 e. The van der Waals surface area contributed by atoms with E-state index in [0.717, 1.165) is 0 Å². The number of nitrogens with one attached hydrogen (secondary N) is 10. The van der Waals surface area contributed by atoms with Crippen molar-refractivity contribution in [3.63, 3.8) is 0 Å². The fourth-order valence-electron chi connectivity index (χ4n) is 6.80. The van der Waals surface area contributed by atoms with Gasteiger partial charge in [0, 0.05) is 48.3 Å². The molecule has 1 aromatic carbocycles. The Balaban J connectivity index is 1.81. The summed E-state index contributed by atoms with van der Waals surface area (Å²) in [6.45, 7) is 1.30. The highest BCUT2D eigenvalue weighted by Gasteiger charge is 2.35. The van der Waals surface area contributed by atoms with Crippen LogP contribution in [0.2, 0.25) is 0 Å². The van der Waals surface area contributed by atoms with E-state index < -0.39 is 146 Å². The highest BCUT2D eigenvalue weighted by atomic mass is 16.4. The smallest absolute Gasteiger partial charge is 0.326 e. The molecule has 8 unspecified atom stereocenters. The molecule has 3 aromatic rings. The molecule has 0 aliphatic heterocycles. The highest BCUT2D eigenvalue weighted by molar-refractivity contribution is 5.99. The van der Waals surface area contributed by atoms with Crippen molar-refractivity contribution in [2.75, 3.05) is 19.6 Å². The first kappa shape index (κ1) is 57.3. The molecule has 3 rings (SSSR count). The molecule has 71 heavy (non-hydrogen) atoms. The van der Waals surface area contributed by atoms with Gasteiger partial charge in [0.2, 0.25) is 53.2 Å². The monoisotopic (exact) mass is 998 g/mol. The van der Waals surface area contributed by atoms with Crippen molar-refractivity contribution in [2.24, 2.45) is 17.2 Å². The molecule has 28 nitrogen and oxygen atoms in total. The van der Waals surface area contributed by atoms with Crippen LogP contribution in [-0.4, -0.2) is 163 Å². The van der Waals surface area contributed by atoms with Gasteiger partial charge >= 0.3 is 11.9 Å². The Kier molecular flexibility index (Phi) is 23.0. The van der Waals surface area contributed by atoms with Crippen molar-refractivity contribution in [2.45, 2.75) is 114 Å². The minimum Gasteiger partial charge on any atom is -0.481 e. The summed E-state index contributed by atoms with van der Waals surface area (Å²) >= 11 is 0. The van der Waals surface area contributed by atoms with E-state index in [1.807, 2.05) is 0 Å². The molecule has 0 aliphatic rings. The van der Waals surface area contributed by atoms with E-state index >= 15 is 0 Å². The van der Waals surface area contributed by atoms with E-state index in [0.29, 0.717) is 35.9 Å². The van der Waals surface area contributed by atoms with Gasteiger partial charge in [-0.15, -0.1) is 0 Å². The minimum atomic E-state index is -1.80. The Morgan fingerprint density at radius 3 is 1.92 bits per heavy atom. The van der Waals surface area contributed by atoms with Gasteiger partial charge in [-0.2, -0.15) is 0 Å². The van der Waals surface area contributed by atoms with Crippen LogP contribution in [0, 0.1) is 0 Å². The summed E-state index contributed by atoms with van der Waals surface area (Å²) in [5, 5.41) is 48.4. The summed E-state index contributed by atoms with van der Waals surface area (Å²) in [7, 11) is 0. The van der Waals surface area contributed by atoms with Crippen molar-refractivity contribution >= 4 is 76.0 Å². The van der Waals surface area contributed by atoms with Gasteiger partial charge in [-0.05, 0) is 57.7 Å². The van der Waals surface area contributed by atoms with Gasteiger partial charge in [-0.3, -0.25) is 47.9 Å². The number of aliphatic hydroxyl groups is 1. The topological polar surface area (TPSA) is 467 Å². The molecule has 0 fully saturated rings. The lowest BCUT2D eigenvalue weighted by molar-refractivity contribution is -0.143. The summed E-state index contributed by atoms with van der Waals surface area (Å²) in [5.74, 6) is -11.6. The average molecular weight is 999 g/mol. The van der Waals surface area contributed by atoms with Crippen LogP contribution in [0.25, 0.3) is 10.9 Å². The lowest BCUT2D eigenvalue weighted by Gasteiger charge is -2.28. The van der Waals surface area contributed by atoms with E-state index in [2.05, 4.69) is 57.5 Å². The average Bonchev–Trinajstić information content (AvgIpc) is 3.99. The van der Waals surface area contributed by atoms with Crippen molar-refractivity contribution < 1.29 is 68.1 Å². The number of amides is 9. The molecule has 0 saturated heterocycles. The number of para-hydroxylation sites is 1. The van der Waals surface area contributed by atoms with Gasteiger partial charge in [-0.1, -0.05) is 18.2 Å². The van der Waals surface area contributed by atoms with Crippen LogP contribution in [0.15, 0.2) is 43.0 Å². The number of aromatic amines is 2. The molecular weight excluding hydrogens is 937 g/mol. The number of carboxylic acid groups (broad SMARTS) is 2. The summed E-state index contributed by atoms with van der Waals surface area (Å²) in [6.07, 6.45) is 1.31. The standard InChI is InChI=1S/C43H62N14O14/c1-21(45)37(64)53-27(9-5-6-12-44)39(66)54-29(13-23-16-48-26-8-4-3-7-25(23)26)41(68)57-36(22(2)58)42(69)56-30(14-24-17-47-20-51-24)40(67)55-31(15-32(46)59)38(65)50-18-33(60)49-19-34(61)52-28(43(70)71)10-11-35(62)63/h3-4,7-8,16-17,20-22,27-31,36,48,58H,5-6,9-15,18-19,44-45H2,1-2H3,(H2,46,59)(H,47,51)(H,49,60)(H,50,65)(H,52,61)(H,53,64)(H,54,66)(H,55,67)(H,56,69)(H,57,68)(H,62,63)(H,70,71). The zero-order valence-corrected chi connectivity index (χ0v) is 39.0. The zero-order valence-electron chi connectivity index (χ0n) is 39.0. The fraction of sp³-hybridized carbons (Fsp3) is 0.488. The maximum absolute atomic E-state index is 14.2. The normalized spacial score (nSPS) is 14.4. The fourth-order valence-corrected chi connectivity index (χ4v) is 6.80. The molecule has 0 bridgehead atoms. The van der Waals surface area contributed by atoms with E-state index in [9.17, 15) is 63.0 Å². The number of unbranched alkanes of at least 4 members (excludes halogenated alkanes) is 1. The second kappa shape index (κ2) is 28.5. The number of carboxylic acids is 2. The van der Waals surface area contributed by atoms with Crippen LogP contribution < -0.4 is 59.7 Å². The Morgan fingerprint density at radius 2 is 1.30 bits per heavy atom. The van der Waals surface area contributed by atoms with Gasteiger partial charge in [-0.25, -0.2) is 9.78 Å². The SMILES string of the molecule is CC(N)C(=O)NC(CCCCN)C(=O)NC(Cc1c[nH]c2ccccc12)C(=O)NC(C(=O)NC(Cc1cnc[nH]1)C(=O)NC(CC(N)=O)C(=O)NCC(=O)NCC(=O)NC(CCC(=O)O)C(=O)O)C(C)O. The molecule has 19 N–H and O–H groups in total. The molecule has 0 saturated carbocycles. The summed E-state index contributed by atoms with van der Waals surface area (Å²) in [4.78, 5) is 151. The third-order valence-electron chi connectivity index (χ3n) is 10.6. The highest BCUT2D eigenvalue weighted by Crippen LogP contribution is 2.20. The number of hydrogen-bond donors (Lipinski definition) is 16. The number of H-pyrrole nitrogens is 2.